The summed E-state index contributed by atoms with van der Waals surface area (Å²) < 4.78 is 0. The molecule has 1 saturated carbocycles. The van der Waals surface area contributed by atoms with Crippen LogP contribution in [-0.4, -0.2) is 23.5 Å². The van der Waals surface area contributed by atoms with Gasteiger partial charge in [-0.3, -0.25) is 4.79 Å². The number of carboxylic acids is 1. The lowest BCUT2D eigenvalue weighted by Gasteiger charge is -2.06. The van der Waals surface area contributed by atoms with E-state index in [1.807, 2.05) is 0 Å². The third-order valence-electron chi connectivity index (χ3n) is 2.83. The molecule has 17 heavy (non-hydrogen) atoms. The fourth-order valence-corrected chi connectivity index (χ4v) is 1.70. The largest absolute Gasteiger partial charge is 0.478 e. The molecule has 0 radical (unpaired) electrons. The summed E-state index contributed by atoms with van der Waals surface area (Å²) in [4.78, 5) is 22.7. The SMILES string of the molecule is Cc1cc(C(=O)O)cc(C(=O)NCC2CC2)c1. The van der Waals surface area contributed by atoms with Crippen molar-refractivity contribution in [2.24, 2.45) is 5.92 Å². The number of nitrogens with one attached hydrogen (secondary N) is 1. The van der Waals surface area contributed by atoms with Crippen LogP contribution in [0.5, 0.6) is 0 Å². The van der Waals surface area contributed by atoms with Gasteiger partial charge in [-0.05, 0) is 49.4 Å². The highest BCUT2D eigenvalue weighted by atomic mass is 16.4. The van der Waals surface area contributed by atoms with E-state index in [9.17, 15) is 9.59 Å². The summed E-state index contributed by atoms with van der Waals surface area (Å²) >= 11 is 0. The molecule has 1 amide bonds. The van der Waals surface area contributed by atoms with Gasteiger partial charge in [0.2, 0.25) is 0 Å². The summed E-state index contributed by atoms with van der Waals surface area (Å²) in [7, 11) is 0. The number of benzene rings is 1. The second-order valence-electron chi connectivity index (χ2n) is 4.55. The molecule has 90 valence electrons. The Morgan fingerprint density at radius 2 is 1.94 bits per heavy atom. The van der Waals surface area contributed by atoms with Gasteiger partial charge in [0.1, 0.15) is 0 Å². The molecule has 0 aliphatic heterocycles. The predicted octanol–water partition coefficient (Wildman–Crippen LogP) is 1.83. The van der Waals surface area contributed by atoms with Gasteiger partial charge in [0, 0.05) is 12.1 Å². The number of aromatic carboxylic acids is 1. The fraction of sp³-hybridized carbons (Fsp3) is 0.385. The summed E-state index contributed by atoms with van der Waals surface area (Å²) in [5, 5.41) is 11.7. The molecule has 1 aromatic rings. The molecule has 0 atom stereocenters. The number of hydrogen-bond acceptors (Lipinski definition) is 2. The maximum absolute atomic E-state index is 11.8. The van der Waals surface area contributed by atoms with Crippen LogP contribution < -0.4 is 5.32 Å². The molecule has 0 heterocycles. The minimum Gasteiger partial charge on any atom is -0.478 e. The van der Waals surface area contributed by atoms with Crippen LogP contribution in [0.15, 0.2) is 18.2 Å². The van der Waals surface area contributed by atoms with Gasteiger partial charge in [-0.25, -0.2) is 4.79 Å². The minimum atomic E-state index is -1.01. The lowest BCUT2D eigenvalue weighted by molar-refractivity contribution is 0.0696. The zero-order chi connectivity index (χ0) is 12.4. The van der Waals surface area contributed by atoms with Crippen molar-refractivity contribution < 1.29 is 14.7 Å². The maximum atomic E-state index is 11.8. The monoisotopic (exact) mass is 233 g/mol. The zero-order valence-corrected chi connectivity index (χ0v) is 9.69. The number of carboxylic acid groups (broad SMARTS) is 1. The van der Waals surface area contributed by atoms with E-state index in [1.54, 1.807) is 19.1 Å². The Labute approximate surface area is 99.6 Å². The molecule has 1 aliphatic carbocycles. The number of amides is 1. The fourth-order valence-electron chi connectivity index (χ4n) is 1.70. The second-order valence-corrected chi connectivity index (χ2v) is 4.55. The molecular formula is C13H15NO3. The van der Waals surface area contributed by atoms with Gasteiger partial charge >= 0.3 is 5.97 Å². The van der Waals surface area contributed by atoms with E-state index in [0.29, 0.717) is 18.0 Å². The van der Waals surface area contributed by atoms with Gasteiger partial charge in [0.15, 0.2) is 0 Å². The molecule has 0 aromatic heterocycles. The first-order chi connectivity index (χ1) is 8.06. The van der Waals surface area contributed by atoms with Crippen molar-refractivity contribution in [3.63, 3.8) is 0 Å². The average Bonchev–Trinajstić information content (AvgIpc) is 3.08. The highest BCUT2D eigenvalue weighted by Gasteiger charge is 2.22. The number of rotatable bonds is 4. The van der Waals surface area contributed by atoms with Crippen molar-refractivity contribution in [3.05, 3.63) is 34.9 Å². The van der Waals surface area contributed by atoms with Crippen LogP contribution in [0.2, 0.25) is 0 Å². The Balaban J connectivity index is 2.12. The number of hydrogen-bond donors (Lipinski definition) is 2. The second kappa shape index (κ2) is 4.57. The molecule has 1 fully saturated rings. The van der Waals surface area contributed by atoms with Gasteiger partial charge in [0.25, 0.3) is 5.91 Å². The quantitative estimate of drug-likeness (QED) is 0.833. The number of carbonyl (C=O) groups is 2. The molecule has 1 aliphatic rings. The van der Waals surface area contributed by atoms with Gasteiger partial charge in [-0.15, -0.1) is 0 Å². The van der Waals surface area contributed by atoms with Crippen LogP contribution >= 0.6 is 0 Å². The van der Waals surface area contributed by atoms with Crippen molar-refractivity contribution in [1.29, 1.82) is 0 Å². The first kappa shape index (κ1) is 11.6. The molecule has 0 spiro atoms. The van der Waals surface area contributed by atoms with E-state index >= 15 is 0 Å². The van der Waals surface area contributed by atoms with E-state index < -0.39 is 5.97 Å². The highest BCUT2D eigenvalue weighted by Crippen LogP contribution is 2.27. The Kier molecular flexibility index (Phi) is 3.13. The molecule has 2 rings (SSSR count). The van der Waals surface area contributed by atoms with Crippen LogP contribution in [0.3, 0.4) is 0 Å². The molecule has 4 nitrogen and oxygen atoms in total. The van der Waals surface area contributed by atoms with Crippen LogP contribution in [0.4, 0.5) is 0 Å². The van der Waals surface area contributed by atoms with Crippen molar-refractivity contribution in [3.8, 4) is 0 Å². The summed E-state index contributed by atoms with van der Waals surface area (Å²) in [5.41, 5.74) is 1.35. The lowest BCUT2D eigenvalue weighted by Crippen LogP contribution is -2.25. The van der Waals surface area contributed by atoms with Crippen molar-refractivity contribution in [2.75, 3.05) is 6.54 Å². The third-order valence-corrected chi connectivity index (χ3v) is 2.83. The molecule has 0 bridgehead atoms. The van der Waals surface area contributed by atoms with E-state index in [-0.39, 0.29) is 11.5 Å². The molecule has 1 aromatic carbocycles. The summed E-state index contributed by atoms with van der Waals surface area (Å²) in [6.45, 7) is 2.47. The topological polar surface area (TPSA) is 66.4 Å². The number of aryl methyl sites for hydroxylation is 1. The summed E-state index contributed by atoms with van der Waals surface area (Å²) in [5.74, 6) is -0.587. The molecular weight excluding hydrogens is 218 g/mol. The van der Waals surface area contributed by atoms with Crippen LogP contribution in [0.1, 0.15) is 39.1 Å². The predicted molar refractivity (Wildman–Crippen MR) is 63.2 cm³/mol. The van der Waals surface area contributed by atoms with E-state index in [4.69, 9.17) is 5.11 Å². The molecule has 4 heteroatoms. The summed E-state index contributed by atoms with van der Waals surface area (Å²) in [6.07, 6.45) is 2.35. The summed E-state index contributed by atoms with van der Waals surface area (Å²) in [6, 6.07) is 4.67. The van der Waals surface area contributed by atoms with Crippen molar-refractivity contribution >= 4 is 11.9 Å². The Morgan fingerprint density at radius 1 is 1.29 bits per heavy atom. The average molecular weight is 233 g/mol. The van der Waals surface area contributed by atoms with Gasteiger partial charge in [-0.2, -0.15) is 0 Å². The Hall–Kier alpha value is -1.84. The van der Waals surface area contributed by atoms with Crippen molar-refractivity contribution in [2.45, 2.75) is 19.8 Å². The van der Waals surface area contributed by atoms with Gasteiger partial charge < -0.3 is 10.4 Å². The standard InChI is InChI=1S/C13H15NO3/c1-8-4-10(6-11(5-8)13(16)17)12(15)14-7-9-2-3-9/h4-6,9H,2-3,7H2,1H3,(H,14,15)(H,16,17). The minimum absolute atomic E-state index is 0.154. The Bertz CT molecular complexity index is 464. The van der Waals surface area contributed by atoms with Gasteiger partial charge in [0.05, 0.1) is 5.56 Å². The van der Waals surface area contributed by atoms with Crippen molar-refractivity contribution in [1.82, 2.24) is 5.32 Å². The van der Waals surface area contributed by atoms with Crippen LogP contribution in [-0.2, 0) is 0 Å². The van der Waals surface area contributed by atoms with Gasteiger partial charge in [-0.1, -0.05) is 0 Å². The lowest BCUT2D eigenvalue weighted by atomic mass is 10.1. The van der Waals surface area contributed by atoms with Crippen LogP contribution in [0, 0.1) is 12.8 Å². The van der Waals surface area contributed by atoms with Crippen LogP contribution in [0.25, 0.3) is 0 Å². The molecule has 2 N–H and O–H groups in total. The third kappa shape index (κ3) is 3.06. The number of carbonyl (C=O) groups excluding carboxylic acids is 1. The maximum Gasteiger partial charge on any atom is 0.335 e. The first-order valence-electron chi connectivity index (χ1n) is 5.69. The smallest absolute Gasteiger partial charge is 0.335 e. The zero-order valence-electron chi connectivity index (χ0n) is 9.69. The molecule has 0 unspecified atom stereocenters. The van der Waals surface area contributed by atoms with E-state index in [0.717, 1.165) is 5.56 Å². The Morgan fingerprint density at radius 3 is 2.53 bits per heavy atom. The van der Waals surface area contributed by atoms with E-state index in [2.05, 4.69) is 5.32 Å². The normalized spacial score (nSPS) is 14.4. The van der Waals surface area contributed by atoms with E-state index in [1.165, 1.54) is 18.9 Å². The first-order valence-corrected chi connectivity index (χ1v) is 5.69. The highest BCUT2D eigenvalue weighted by molar-refractivity contribution is 5.97. The molecule has 0 saturated heterocycles.